The lowest BCUT2D eigenvalue weighted by Crippen LogP contribution is -2.12. The number of rotatable bonds is 11. The number of benzene rings is 3. The molecule has 1 atom stereocenters. The van der Waals surface area contributed by atoms with E-state index in [4.69, 9.17) is 9.47 Å². The minimum absolute atomic E-state index is 0.299. The number of ether oxygens (including phenoxy) is 2. The molecule has 0 fully saturated rings. The van der Waals surface area contributed by atoms with Gasteiger partial charge >= 0.3 is 0 Å². The van der Waals surface area contributed by atoms with E-state index in [0.29, 0.717) is 40.2 Å². The maximum absolute atomic E-state index is 11.7. The van der Waals surface area contributed by atoms with Gasteiger partial charge in [0.1, 0.15) is 17.7 Å². The van der Waals surface area contributed by atoms with Crippen LogP contribution in [0.15, 0.2) is 76.4 Å². The maximum Gasteiger partial charge on any atom is 0.220 e. The van der Waals surface area contributed by atoms with Gasteiger partial charge in [-0.1, -0.05) is 59.8 Å². The molecule has 4 aromatic rings. The number of halogens is 1. The number of aryl methyl sites for hydroxylation is 2. The van der Waals surface area contributed by atoms with Crippen molar-refractivity contribution in [2.75, 3.05) is 13.2 Å². The summed E-state index contributed by atoms with van der Waals surface area (Å²) in [6.45, 7) is 6.27. The summed E-state index contributed by atoms with van der Waals surface area (Å²) in [5.41, 5.74) is 3.82. The number of nitrogens with zero attached hydrogens (tertiary/aromatic N) is 4. The molecule has 1 aromatic heterocycles. The first-order valence-electron chi connectivity index (χ1n) is 11.8. The predicted molar refractivity (Wildman–Crippen MR) is 147 cm³/mol. The molecule has 0 N–H and O–H groups in total. The Bertz CT molecular complexity index is 1360. The molecule has 0 unspecified atom stereocenters. The van der Waals surface area contributed by atoms with Gasteiger partial charge in [0.2, 0.25) is 6.54 Å². The molecule has 0 aliphatic rings. The molecule has 3 aromatic carbocycles. The Kier molecular flexibility index (Phi) is 8.83. The molecule has 0 spiro atoms. The van der Waals surface area contributed by atoms with Crippen molar-refractivity contribution in [3.8, 4) is 17.2 Å². The van der Waals surface area contributed by atoms with Crippen molar-refractivity contribution in [2.24, 2.45) is 0 Å². The highest BCUT2D eigenvalue weighted by atomic mass is 79.9. The van der Waals surface area contributed by atoms with Gasteiger partial charge in [-0.2, -0.15) is 0 Å². The summed E-state index contributed by atoms with van der Waals surface area (Å²) in [5.74, 6) is 1.78. The van der Waals surface area contributed by atoms with Crippen molar-refractivity contribution in [2.45, 2.75) is 37.8 Å². The van der Waals surface area contributed by atoms with Crippen LogP contribution in [0.4, 0.5) is 0 Å². The average Bonchev–Trinajstić information content (AvgIpc) is 3.24. The van der Waals surface area contributed by atoms with Gasteiger partial charge < -0.3 is 9.47 Å². The van der Waals surface area contributed by atoms with Crippen LogP contribution in [0, 0.1) is 24.0 Å². The van der Waals surface area contributed by atoms with E-state index in [2.05, 4.69) is 26.1 Å². The van der Waals surface area contributed by atoms with Crippen LogP contribution in [0.5, 0.6) is 11.5 Å². The summed E-state index contributed by atoms with van der Waals surface area (Å²) in [5, 5.41) is 20.2. The molecular formula is C27H27BrN4O4S. The van der Waals surface area contributed by atoms with Crippen molar-refractivity contribution in [3.63, 3.8) is 0 Å². The van der Waals surface area contributed by atoms with E-state index < -0.39 is 5.25 Å². The lowest BCUT2D eigenvalue weighted by molar-refractivity contribution is -0.479. The first kappa shape index (κ1) is 26.7. The van der Waals surface area contributed by atoms with Gasteiger partial charge in [0, 0.05) is 10.6 Å². The van der Waals surface area contributed by atoms with Crippen LogP contribution >= 0.6 is 27.7 Å². The Labute approximate surface area is 228 Å². The van der Waals surface area contributed by atoms with Gasteiger partial charge in [0.15, 0.2) is 16.7 Å². The Morgan fingerprint density at radius 2 is 1.78 bits per heavy atom. The number of nitro groups is 1. The summed E-state index contributed by atoms with van der Waals surface area (Å²) >= 11 is 4.91. The van der Waals surface area contributed by atoms with Crippen molar-refractivity contribution >= 4 is 27.7 Å². The molecule has 1 heterocycles. The first-order chi connectivity index (χ1) is 17.9. The zero-order valence-electron chi connectivity index (χ0n) is 20.8. The van der Waals surface area contributed by atoms with Crippen LogP contribution in [-0.4, -0.2) is 32.8 Å². The lowest BCUT2D eigenvalue weighted by Gasteiger charge is -2.19. The highest BCUT2D eigenvalue weighted by Gasteiger charge is 2.26. The summed E-state index contributed by atoms with van der Waals surface area (Å²) < 4.78 is 14.6. The fourth-order valence-electron chi connectivity index (χ4n) is 3.78. The molecule has 8 nitrogen and oxygen atoms in total. The number of hydrogen-bond donors (Lipinski definition) is 0. The molecule has 4 rings (SSSR count). The minimum atomic E-state index is -0.539. The predicted octanol–water partition coefficient (Wildman–Crippen LogP) is 6.73. The SMILES string of the molecule is CCOc1cc([C@H](C[N+](=O)[O-])Sc2nnc(C)n2-c2ccccc2)cc(Br)c1OCc1ccc(C)cc1. The van der Waals surface area contributed by atoms with Crippen molar-refractivity contribution in [3.05, 3.63) is 104 Å². The molecule has 10 heteroatoms. The Hall–Kier alpha value is -3.37. The number of hydrogen-bond acceptors (Lipinski definition) is 7. The van der Waals surface area contributed by atoms with Gasteiger partial charge in [0.25, 0.3) is 0 Å². The van der Waals surface area contributed by atoms with Crippen LogP contribution in [0.2, 0.25) is 0 Å². The molecule has 0 amide bonds. The second-order valence-electron chi connectivity index (χ2n) is 8.36. The second kappa shape index (κ2) is 12.2. The smallest absolute Gasteiger partial charge is 0.220 e. The van der Waals surface area contributed by atoms with Crippen LogP contribution in [0.3, 0.4) is 0 Å². The Balaban J connectivity index is 1.66. The van der Waals surface area contributed by atoms with E-state index >= 15 is 0 Å². The number of aromatic nitrogens is 3. The molecule has 0 bridgehead atoms. The average molecular weight is 584 g/mol. The zero-order valence-corrected chi connectivity index (χ0v) is 23.2. The van der Waals surface area contributed by atoms with E-state index in [1.165, 1.54) is 17.3 Å². The standard InChI is InChI=1S/C27H27BrN4O4S/c1-4-35-24-15-21(14-23(28)26(24)36-17-20-12-10-18(2)11-13-20)25(16-31(33)34)37-27-30-29-19(3)32(27)22-8-6-5-7-9-22/h5-15,25H,4,16-17H2,1-3H3/t25-/m0/s1. The third-order valence-electron chi connectivity index (χ3n) is 5.58. The van der Waals surface area contributed by atoms with E-state index in [1.54, 1.807) is 0 Å². The topological polar surface area (TPSA) is 92.3 Å². The first-order valence-corrected chi connectivity index (χ1v) is 13.4. The molecule has 192 valence electrons. The van der Waals surface area contributed by atoms with Crippen LogP contribution < -0.4 is 9.47 Å². The number of thioether (sulfide) groups is 1. The monoisotopic (exact) mass is 582 g/mol. The van der Waals surface area contributed by atoms with Crippen molar-refractivity contribution in [1.82, 2.24) is 14.8 Å². The van der Waals surface area contributed by atoms with Crippen molar-refractivity contribution in [1.29, 1.82) is 0 Å². The van der Waals surface area contributed by atoms with E-state index in [-0.39, 0.29) is 11.5 Å². The van der Waals surface area contributed by atoms with Crippen LogP contribution in [0.25, 0.3) is 5.69 Å². The maximum atomic E-state index is 11.7. The fourth-order valence-corrected chi connectivity index (χ4v) is 5.51. The minimum Gasteiger partial charge on any atom is -0.490 e. The van der Waals surface area contributed by atoms with Gasteiger partial charge in [0.05, 0.1) is 11.1 Å². The van der Waals surface area contributed by atoms with E-state index in [9.17, 15) is 10.1 Å². The highest BCUT2D eigenvalue weighted by Crippen LogP contribution is 2.43. The molecule has 0 saturated carbocycles. The van der Waals surface area contributed by atoms with Crippen LogP contribution in [0.1, 0.15) is 34.7 Å². The molecule has 37 heavy (non-hydrogen) atoms. The molecule has 0 radical (unpaired) electrons. The van der Waals surface area contributed by atoms with Gasteiger partial charge in [-0.15, -0.1) is 10.2 Å². The third-order valence-corrected chi connectivity index (χ3v) is 7.35. The quantitative estimate of drug-likeness (QED) is 0.110. The summed E-state index contributed by atoms with van der Waals surface area (Å²) in [7, 11) is 0. The number of para-hydroxylation sites is 1. The fraction of sp³-hybridized carbons (Fsp3) is 0.259. The van der Waals surface area contributed by atoms with Crippen molar-refractivity contribution < 1.29 is 14.4 Å². The normalized spacial score (nSPS) is 11.8. The lowest BCUT2D eigenvalue weighted by atomic mass is 10.1. The van der Waals surface area contributed by atoms with Gasteiger partial charge in [-0.25, -0.2) is 0 Å². The Morgan fingerprint density at radius 1 is 1.05 bits per heavy atom. The van der Waals surface area contributed by atoms with E-state index in [0.717, 1.165) is 16.8 Å². The van der Waals surface area contributed by atoms with Gasteiger partial charge in [-0.3, -0.25) is 14.7 Å². The summed E-state index contributed by atoms with van der Waals surface area (Å²) in [6.07, 6.45) is 0. The Morgan fingerprint density at radius 3 is 2.46 bits per heavy atom. The van der Waals surface area contributed by atoms with Gasteiger partial charge in [-0.05, 0) is 72.1 Å². The molecule has 0 saturated heterocycles. The zero-order chi connectivity index (χ0) is 26.4. The third kappa shape index (κ3) is 6.69. The summed E-state index contributed by atoms with van der Waals surface area (Å²) in [6, 6.07) is 21.5. The second-order valence-corrected chi connectivity index (χ2v) is 10.4. The molecular weight excluding hydrogens is 556 g/mol. The molecule has 0 aliphatic carbocycles. The highest BCUT2D eigenvalue weighted by molar-refractivity contribution is 9.10. The summed E-state index contributed by atoms with van der Waals surface area (Å²) in [4.78, 5) is 11.3. The van der Waals surface area contributed by atoms with E-state index in [1.807, 2.05) is 92.1 Å². The largest absolute Gasteiger partial charge is 0.490 e. The van der Waals surface area contributed by atoms with Crippen LogP contribution in [-0.2, 0) is 6.61 Å². The molecule has 0 aliphatic heterocycles.